The van der Waals surface area contributed by atoms with Crippen LogP contribution in [0.25, 0.3) is 0 Å². The van der Waals surface area contributed by atoms with Crippen molar-refractivity contribution in [3.8, 4) is 5.75 Å². The van der Waals surface area contributed by atoms with Crippen molar-refractivity contribution >= 4 is 5.91 Å². The summed E-state index contributed by atoms with van der Waals surface area (Å²) in [6, 6.07) is 8.02. The first-order valence-corrected chi connectivity index (χ1v) is 6.77. The summed E-state index contributed by atoms with van der Waals surface area (Å²) in [7, 11) is 3.53. The van der Waals surface area contributed by atoms with Gasteiger partial charge >= 0.3 is 0 Å². The van der Waals surface area contributed by atoms with Gasteiger partial charge in [0.25, 0.3) is 0 Å². The molecule has 0 spiro atoms. The molecular formula is C15H22N2O2. The van der Waals surface area contributed by atoms with Gasteiger partial charge in [0.05, 0.1) is 13.0 Å². The van der Waals surface area contributed by atoms with Crippen LogP contribution >= 0.6 is 0 Å². The van der Waals surface area contributed by atoms with Crippen LogP contribution in [0, 0.1) is 5.92 Å². The zero-order chi connectivity index (χ0) is 13.8. The molecule has 1 aliphatic heterocycles. The monoisotopic (exact) mass is 262 g/mol. The molecule has 0 saturated carbocycles. The molecule has 1 saturated heterocycles. The van der Waals surface area contributed by atoms with Crippen molar-refractivity contribution in [3.05, 3.63) is 29.8 Å². The molecule has 2 rings (SSSR count). The summed E-state index contributed by atoms with van der Waals surface area (Å²) in [6.45, 7) is 4.35. The average molecular weight is 262 g/mol. The summed E-state index contributed by atoms with van der Waals surface area (Å²) >= 11 is 0. The van der Waals surface area contributed by atoms with E-state index >= 15 is 0 Å². The number of amides is 1. The molecular weight excluding hydrogens is 240 g/mol. The Kier molecular flexibility index (Phi) is 4.43. The molecule has 1 N–H and O–H groups in total. The zero-order valence-electron chi connectivity index (χ0n) is 11.8. The Balaban J connectivity index is 2.20. The number of rotatable bonds is 4. The van der Waals surface area contributed by atoms with Crippen molar-refractivity contribution in [3.63, 3.8) is 0 Å². The molecule has 2 unspecified atom stereocenters. The molecule has 0 aliphatic carbocycles. The number of nitrogens with one attached hydrogen (secondary N) is 1. The van der Waals surface area contributed by atoms with E-state index < -0.39 is 0 Å². The maximum Gasteiger partial charge on any atom is 0.227 e. The van der Waals surface area contributed by atoms with Gasteiger partial charge in [0.2, 0.25) is 5.91 Å². The minimum Gasteiger partial charge on any atom is -0.497 e. The molecule has 0 radical (unpaired) electrons. The fraction of sp³-hybridized carbons (Fsp3) is 0.533. The SMILES string of the molecule is CCN(C)C(=O)C1CNCC1c1cccc(OC)c1. The second-order valence-corrected chi connectivity index (χ2v) is 5.00. The molecule has 1 aromatic carbocycles. The smallest absolute Gasteiger partial charge is 0.227 e. The molecule has 1 aliphatic rings. The molecule has 4 heteroatoms. The summed E-state index contributed by atoms with van der Waals surface area (Å²) in [4.78, 5) is 14.2. The lowest BCUT2D eigenvalue weighted by Crippen LogP contribution is -2.35. The van der Waals surface area contributed by atoms with Gasteiger partial charge in [0, 0.05) is 32.6 Å². The van der Waals surface area contributed by atoms with E-state index in [1.54, 1.807) is 12.0 Å². The number of benzene rings is 1. The van der Waals surface area contributed by atoms with Crippen molar-refractivity contribution in [2.24, 2.45) is 5.92 Å². The number of hydrogen-bond acceptors (Lipinski definition) is 3. The third-order valence-electron chi connectivity index (χ3n) is 3.90. The van der Waals surface area contributed by atoms with Crippen LogP contribution < -0.4 is 10.1 Å². The first-order chi connectivity index (χ1) is 9.17. The minimum absolute atomic E-state index is 0.0251. The quantitative estimate of drug-likeness (QED) is 0.893. The Hall–Kier alpha value is -1.55. The lowest BCUT2D eigenvalue weighted by Gasteiger charge is -2.24. The predicted molar refractivity (Wildman–Crippen MR) is 75.4 cm³/mol. The fourth-order valence-electron chi connectivity index (χ4n) is 2.60. The number of nitrogens with zero attached hydrogens (tertiary/aromatic N) is 1. The first-order valence-electron chi connectivity index (χ1n) is 6.77. The molecule has 1 amide bonds. The molecule has 1 heterocycles. The molecule has 104 valence electrons. The molecule has 4 nitrogen and oxygen atoms in total. The third-order valence-corrected chi connectivity index (χ3v) is 3.90. The number of carbonyl (C=O) groups excluding carboxylic acids is 1. The van der Waals surface area contributed by atoms with Crippen molar-refractivity contribution < 1.29 is 9.53 Å². The van der Waals surface area contributed by atoms with Gasteiger partial charge in [-0.2, -0.15) is 0 Å². The maximum atomic E-state index is 12.4. The van der Waals surface area contributed by atoms with Gasteiger partial charge in [-0.3, -0.25) is 4.79 Å². The minimum atomic E-state index is 0.0251. The van der Waals surface area contributed by atoms with Crippen LogP contribution in [0.2, 0.25) is 0 Å². The van der Waals surface area contributed by atoms with Crippen LogP contribution in [0.15, 0.2) is 24.3 Å². The zero-order valence-corrected chi connectivity index (χ0v) is 11.8. The Bertz CT molecular complexity index is 448. The van der Waals surface area contributed by atoms with Gasteiger partial charge < -0.3 is 15.0 Å². The van der Waals surface area contributed by atoms with Crippen LogP contribution in [0.3, 0.4) is 0 Å². The Morgan fingerprint density at radius 1 is 1.47 bits per heavy atom. The van der Waals surface area contributed by atoms with Crippen LogP contribution in [-0.2, 0) is 4.79 Å². The van der Waals surface area contributed by atoms with E-state index in [9.17, 15) is 4.79 Å². The van der Waals surface area contributed by atoms with E-state index in [1.165, 1.54) is 5.56 Å². The predicted octanol–water partition coefficient (Wildman–Crippen LogP) is 1.48. The van der Waals surface area contributed by atoms with Gasteiger partial charge in [0.1, 0.15) is 5.75 Å². The molecule has 0 aromatic heterocycles. The van der Waals surface area contributed by atoms with E-state index in [4.69, 9.17) is 4.74 Å². The highest BCUT2D eigenvalue weighted by Crippen LogP contribution is 2.31. The number of methoxy groups -OCH3 is 1. The Morgan fingerprint density at radius 2 is 2.26 bits per heavy atom. The van der Waals surface area contributed by atoms with E-state index in [-0.39, 0.29) is 17.7 Å². The van der Waals surface area contributed by atoms with Gasteiger partial charge in [-0.05, 0) is 24.6 Å². The van der Waals surface area contributed by atoms with Gasteiger partial charge in [-0.25, -0.2) is 0 Å². The second-order valence-electron chi connectivity index (χ2n) is 5.00. The summed E-state index contributed by atoms with van der Waals surface area (Å²) in [6.07, 6.45) is 0. The maximum absolute atomic E-state index is 12.4. The van der Waals surface area contributed by atoms with Crippen molar-refractivity contribution in [1.82, 2.24) is 10.2 Å². The van der Waals surface area contributed by atoms with E-state index in [0.717, 1.165) is 25.4 Å². The third kappa shape index (κ3) is 2.89. The number of hydrogen-bond donors (Lipinski definition) is 1. The Morgan fingerprint density at radius 3 is 2.95 bits per heavy atom. The average Bonchev–Trinajstić information content (AvgIpc) is 2.95. The summed E-state index contributed by atoms with van der Waals surface area (Å²) in [5, 5.41) is 3.33. The molecule has 2 atom stereocenters. The Labute approximate surface area is 114 Å². The summed E-state index contributed by atoms with van der Waals surface area (Å²) in [5.74, 6) is 1.33. The molecule has 0 bridgehead atoms. The highest BCUT2D eigenvalue weighted by atomic mass is 16.5. The van der Waals surface area contributed by atoms with Gasteiger partial charge in [-0.1, -0.05) is 12.1 Å². The van der Waals surface area contributed by atoms with E-state index in [2.05, 4.69) is 11.4 Å². The summed E-state index contributed by atoms with van der Waals surface area (Å²) in [5.41, 5.74) is 1.17. The highest BCUT2D eigenvalue weighted by molar-refractivity contribution is 5.80. The van der Waals surface area contributed by atoms with E-state index in [1.807, 2.05) is 32.2 Å². The lowest BCUT2D eigenvalue weighted by molar-refractivity contribution is -0.133. The first kappa shape index (κ1) is 13.9. The van der Waals surface area contributed by atoms with E-state index in [0.29, 0.717) is 0 Å². The lowest BCUT2D eigenvalue weighted by atomic mass is 9.88. The highest BCUT2D eigenvalue weighted by Gasteiger charge is 2.35. The van der Waals surface area contributed by atoms with Crippen LogP contribution in [0.5, 0.6) is 5.75 Å². The topological polar surface area (TPSA) is 41.6 Å². The fourth-order valence-corrected chi connectivity index (χ4v) is 2.60. The summed E-state index contributed by atoms with van der Waals surface area (Å²) < 4.78 is 5.26. The van der Waals surface area contributed by atoms with Gasteiger partial charge in [0.15, 0.2) is 0 Å². The van der Waals surface area contributed by atoms with Crippen molar-refractivity contribution in [1.29, 1.82) is 0 Å². The number of ether oxygens (including phenoxy) is 1. The van der Waals surface area contributed by atoms with Crippen LogP contribution in [0.4, 0.5) is 0 Å². The van der Waals surface area contributed by atoms with Crippen molar-refractivity contribution in [2.45, 2.75) is 12.8 Å². The normalized spacial score (nSPS) is 22.3. The van der Waals surface area contributed by atoms with Crippen molar-refractivity contribution in [2.75, 3.05) is 33.8 Å². The standard InChI is InChI=1S/C15H22N2O2/c1-4-17(2)15(18)14-10-16-9-13(14)11-6-5-7-12(8-11)19-3/h5-8,13-14,16H,4,9-10H2,1-3H3. The number of carbonyl (C=O) groups is 1. The molecule has 1 aromatic rings. The van der Waals surface area contributed by atoms with Gasteiger partial charge in [-0.15, -0.1) is 0 Å². The molecule has 19 heavy (non-hydrogen) atoms. The van der Waals surface area contributed by atoms with Crippen LogP contribution in [0.1, 0.15) is 18.4 Å². The van der Waals surface area contributed by atoms with Crippen LogP contribution in [-0.4, -0.2) is 44.6 Å². The molecule has 1 fully saturated rings. The second kappa shape index (κ2) is 6.06. The largest absolute Gasteiger partial charge is 0.497 e.